The minimum atomic E-state index is -5.02. The van der Waals surface area contributed by atoms with E-state index in [4.69, 9.17) is 4.74 Å². The molecule has 0 aliphatic rings. The van der Waals surface area contributed by atoms with Crippen molar-refractivity contribution in [3.63, 3.8) is 0 Å². The number of carbonyl (C=O) groups is 1. The molecule has 0 aliphatic heterocycles. The third-order valence-corrected chi connectivity index (χ3v) is 4.49. The fourth-order valence-corrected chi connectivity index (χ4v) is 3.02. The number of hydrogen-bond acceptors (Lipinski definition) is 4. The number of rotatable bonds is 8. The number of esters is 1. The quantitative estimate of drug-likeness (QED) is 0.153. The van der Waals surface area contributed by atoms with Crippen LogP contribution in [0.15, 0.2) is 91.0 Å². The van der Waals surface area contributed by atoms with Gasteiger partial charge >= 0.3 is 12.3 Å². The van der Waals surface area contributed by atoms with Crippen molar-refractivity contribution in [3.8, 4) is 5.69 Å². The van der Waals surface area contributed by atoms with Gasteiger partial charge in [0.15, 0.2) is 5.69 Å². The zero-order chi connectivity index (χ0) is 25.6. The van der Waals surface area contributed by atoms with E-state index in [0.29, 0.717) is 6.08 Å². The molecule has 35 heavy (non-hydrogen) atoms. The molecule has 10 heteroatoms. The maximum Gasteiger partial charge on any atom is 0.573 e. The number of allylic oxidation sites excluding steroid dienone is 4. The van der Waals surface area contributed by atoms with E-state index in [1.807, 2.05) is 6.07 Å². The highest BCUT2D eigenvalue weighted by molar-refractivity contribution is 5.88. The Morgan fingerprint density at radius 3 is 2.46 bits per heavy atom. The molecule has 1 heterocycles. The number of benzene rings is 2. The normalized spacial score (nSPS) is 12.4. The molecular formula is C25H19F5N2O3. The van der Waals surface area contributed by atoms with Gasteiger partial charge in [-0.25, -0.2) is 18.3 Å². The van der Waals surface area contributed by atoms with Crippen LogP contribution in [0.1, 0.15) is 28.7 Å². The molecule has 2 aromatic carbocycles. The van der Waals surface area contributed by atoms with E-state index in [2.05, 4.69) is 16.4 Å². The summed E-state index contributed by atoms with van der Waals surface area (Å²) in [4.78, 5) is 12.6. The lowest BCUT2D eigenvalue weighted by Crippen LogP contribution is -2.11. The Bertz CT molecular complexity index is 1280. The van der Waals surface area contributed by atoms with E-state index in [0.717, 1.165) is 17.7 Å². The minimum absolute atomic E-state index is 0.0185. The maximum atomic E-state index is 14.3. The van der Waals surface area contributed by atoms with Gasteiger partial charge in [0, 0.05) is 6.08 Å². The van der Waals surface area contributed by atoms with Crippen molar-refractivity contribution >= 4 is 11.5 Å². The second kappa shape index (κ2) is 10.8. The summed E-state index contributed by atoms with van der Waals surface area (Å²) in [5.74, 6) is -3.41. The lowest BCUT2D eigenvalue weighted by Gasteiger charge is -2.09. The van der Waals surface area contributed by atoms with Crippen LogP contribution in [-0.2, 0) is 16.1 Å². The molecule has 0 N–H and O–H groups in total. The zero-order valence-corrected chi connectivity index (χ0v) is 18.4. The third kappa shape index (κ3) is 7.39. The summed E-state index contributed by atoms with van der Waals surface area (Å²) in [6, 6.07) is 15.5. The van der Waals surface area contributed by atoms with Crippen molar-refractivity contribution in [1.29, 1.82) is 0 Å². The monoisotopic (exact) mass is 490 g/mol. The number of hydrogen-bond donors (Lipinski definition) is 0. The highest BCUT2D eigenvalue weighted by atomic mass is 19.4. The molecule has 182 valence electrons. The van der Waals surface area contributed by atoms with Crippen molar-refractivity contribution in [2.75, 3.05) is 0 Å². The van der Waals surface area contributed by atoms with Gasteiger partial charge in [0.1, 0.15) is 24.0 Å². The SMILES string of the molecule is C=C(/C=C(F)\C=C(/C)c1cc(C(=O)OCc2ccccc2)nn1-c1cccc(F)c1)OC(F)(F)F. The molecule has 0 radical (unpaired) electrons. The fraction of sp³-hybridized carbons (Fsp3) is 0.120. The Balaban J connectivity index is 1.92. The average molecular weight is 490 g/mol. The van der Waals surface area contributed by atoms with Crippen molar-refractivity contribution in [2.45, 2.75) is 19.9 Å². The molecule has 0 unspecified atom stereocenters. The Kier molecular flexibility index (Phi) is 7.85. The molecule has 3 rings (SSSR count). The fourth-order valence-electron chi connectivity index (χ4n) is 3.02. The molecular weight excluding hydrogens is 471 g/mol. The van der Waals surface area contributed by atoms with Crippen LogP contribution >= 0.6 is 0 Å². The second-order valence-corrected chi connectivity index (χ2v) is 7.24. The molecule has 0 fully saturated rings. The van der Waals surface area contributed by atoms with Gasteiger partial charge in [0.05, 0.1) is 11.4 Å². The first kappa shape index (κ1) is 25.4. The van der Waals surface area contributed by atoms with Gasteiger partial charge in [-0.2, -0.15) is 5.10 Å². The molecule has 0 saturated heterocycles. The molecule has 5 nitrogen and oxygen atoms in total. The standard InChI is InChI=1S/C25H19F5N2O3/c1-16(11-20(27)12-17(2)35-25(28,29)30)23-14-22(24(33)34-15-18-7-4-3-5-8-18)31-32(23)21-10-6-9-19(26)13-21/h3-14H,2,15H2,1H3/b16-11+,20-12+. The number of aromatic nitrogens is 2. The smallest absolute Gasteiger partial charge is 0.456 e. The van der Waals surface area contributed by atoms with Gasteiger partial charge in [0.25, 0.3) is 0 Å². The maximum absolute atomic E-state index is 14.3. The van der Waals surface area contributed by atoms with Crippen LogP contribution in [0.25, 0.3) is 11.3 Å². The van der Waals surface area contributed by atoms with Crippen molar-refractivity contribution < 1.29 is 36.2 Å². The summed E-state index contributed by atoms with van der Waals surface area (Å²) in [6.45, 7) is 4.42. The lowest BCUT2D eigenvalue weighted by molar-refractivity contribution is -0.303. The molecule has 0 amide bonds. The van der Waals surface area contributed by atoms with Crippen LogP contribution < -0.4 is 0 Å². The summed E-state index contributed by atoms with van der Waals surface area (Å²) in [6.07, 6.45) is -3.66. The third-order valence-electron chi connectivity index (χ3n) is 4.49. The van der Waals surface area contributed by atoms with Crippen LogP contribution in [0.5, 0.6) is 0 Å². The first-order valence-corrected chi connectivity index (χ1v) is 10.1. The first-order valence-electron chi connectivity index (χ1n) is 10.1. The summed E-state index contributed by atoms with van der Waals surface area (Å²) < 4.78 is 75.0. The van der Waals surface area contributed by atoms with Crippen LogP contribution in [0.3, 0.4) is 0 Å². The van der Waals surface area contributed by atoms with Gasteiger partial charge in [-0.1, -0.05) is 43.0 Å². The zero-order valence-electron chi connectivity index (χ0n) is 18.4. The van der Waals surface area contributed by atoms with Crippen LogP contribution in [-0.4, -0.2) is 22.1 Å². The Morgan fingerprint density at radius 1 is 1.09 bits per heavy atom. The van der Waals surface area contributed by atoms with Gasteiger partial charge < -0.3 is 9.47 Å². The number of ether oxygens (including phenoxy) is 2. The van der Waals surface area contributed by atoms with E-state index in [1.54, 1.807) is 24.3 Å². The molecule has 3 aromatic rings. The van der Waals surface area contributed by atoms with Crippen molar-refractivity contribution in [2.24, 2.45) is 0 Å². The van der Waals surface area contributed by atoms with E-state index in [9.17, 15) is 26.7 Å². The highest BCUT2D eigenvalue weighted by Gasteiger charge is 2.31. The summed E-state index contributed by atoms with van der Waals surface area (Å²) in [7, 11) is 0. The lowest BCUT2D eigenvalue weighted by atomic mass is 10.1. The van der Waals surface area contributed by atoms with Gasteiger partial charge in [-0.3, -0.25) is 0 Å². The summed E-state index contributed by atoms with van der Waals surface area (Å²) in [5.41, 5.74) is 1.17. The molecule has 0 atom stereocenters. The van der Waals surface area contributed by atoms with Gasteiger partial charge in [0.2, 0.25) is 0 Å². The largest absolute Gasteiger partial charge is 0.573 e. The number of halogens is 5. The van der Waals surface area contributed by atoms with E-state index < -0.39 is 29.7 Å². The number of alkyl halides is 3. The van der Waals surface area contributed by atoms with Crippen molar-refractivity contribution in [1.82, 2.24) is 9.78 Å². The predicted octanol–water partition coefficient (Wildman–Crippen LogP) is 6.68. The topological polar surface area (TPSA) is 53.3 Å². The summed E-state index contributed by atoms with van der Waals surface area (Å²) >= 11 is 0. The highest BCUT2D eigenvalue weighted by Crippen LogP contribution is 2.25. The second-order valence-electron chi connectivity index (χ2n) is 7.24. The summed E-state index contributed by atoms with van der Waals surface area (Å²) in [5, 5.41) is 4.17. The Hall–Kier alpha value is -4.21. The van der Waals surface area contributed by atoms with E-state index in [-0.39, 0.29) is 29.3 Å². The Labute approximate surface area is 197 Å². The number of carbonyl (C=O) groups excluding carboxylic acids is 1. The van der Waals surface area contributed by atoms with Crippen LogP contribution in [0.4, 0.5) is 22.0 Å². The van der Waals surface area contributed by atoms with Crippen LogP contribution in [0, 0.1) is 5.82 Å². The average Bonchev–Trinajstić information content (AvgIpc) is 3.22. The first-order chi connectivity index (χ1) is 16.5. The molecule has 0 spiro atoms. The minimum Gasteiger partial charge on any atom is -0.456 e. The molecule has 0 bridgehead atoms. The van der Waals surface area contributed by atoms with Gasteiger partial charge in [-0.05, 0) is 48.4 Å². The van der Waals surface area contributed by atoms with E-state index in [1.165, 1.54) is 35.9 Å². The van der Waals surface area contributed by atoms with Crippen LogP contribution in [0.2, 0.25) is 0 Å². The predicted molar refractivity (Wildman–Crippen MR) is 118 cm³/mol. The molecule has 1 aromatic heterocycles. The van der Waals surface area contributed by atoms with Crippen molar-refractivity contribution in [3.05, 3.63) is 114 Å². The Morgan fingerprint density at radius 2 is 1.80 bits per heavy atom. The van der Waals surface area contributed by atoms with Gasteiger partial charge in [-0.15, -0.1) is 13.2 Å². The van der Waals surface area contributed by atoms with E-state index >= 15 is 0 Å². The molecule has 0 aliphatic carbocycles. The number of nitrogens with zero attached hydrogens (tertiary/aromatic N) is 2. The molecule has 0 saturated carbocycles.